The van der Waals surface area contributed by atoms with Crippen molar-refractivity contribution in [2.45, 2.75) is 0 Å². The summed E-state index contributed by atoms with van der Waals surface area (Å²) in [6, 6.07) is 21.8. The molecule has 1 amide bonds. The van der Waals surface area contributed by atoms with Crippen molar-refractivity contribution in [2.24, 2.45) is 4.99 Å². The first-order chi connectivity index (χ1) is 19.6. The molecule has 10 nitrogen and oxygen atoms in total. The van der Waals surface area contributed by atoms with Gasteiger partial charge in [0.05, 0.1) is 29.8 Å². The van der Waals surface area contributed by atoms with E-state index in [1.807, 2.05) is 54.6 Å². The van der Waals surface area contributed by atoms with Crippen molar-refractivity contribution in [1.82, 2.24) is 14.8 Å². The van der Waals surface area contributed by atoms with Gasteiger partial charge in [-0.05, 0) is 49.5 Å². The summed E-state index contributed by atoms with van der Waals surface area (Å²) < 4.78 is 26.2. The lowest BCUT2D eigenvalue weighted by Gasteiger charge is -2.32. The van der Waals surface area contributed by atoms with E-state index in [1.165, 1.54) is 0 Å². The van der Waals surface area contributed by atoms with E-state index in [0.29, 0.717) is 40.1 Å². The molecular weight excluding hydrogens is 540 g/mol. The monoisotopic (exact) mass is 574 g/mol. The second-order valence-corrected chi connectivity index (χ2v) is 12.1. The van der Waals surface area contributed by atoms with Crippen LogP contribution in [0.1, 0.15) is 11.1 Å². The number of fused-ring (bicyclic) bond motifs is 1. The SMILES string of the molecule is CN1CCN(CC(=O)N(C)c2ccc(N=C(c3ccccc3)c3c(O)[nH]c4ccc(NS(C)(=O)=O)cc34)cc2)CC1. The zero-order chi connectivity index (χ0) is 29.1. The van der Waals surface area contributed by atoms with Crippen LogP contribution in [0.2, 0.25) is 0 Å². The van der Waals surface area contributed by atoms with E-state index < -0.39 is 10.0 Å². The number of likely N-dealkylation sites (N-methyl/N-ethyl adjacent to an activating group) is 2. The number of anilines is 2. The zero-order valence-electron chi connectivity index (χ0n) is 23.3. The molecule has 1 aliphatic heterocycles. The number of hydrogen-bond donors (Lipinski definition) is 3. The molecule has 214 valence electrons. The molecule has 11 heteroatoms. The van der Waals surface area contributed by atoms with Crippen molar-refractivity contribution >= 4 is 49.6 Å². The predicted molar refractivity (Wildman–Crippen MR) is 164 cm³/mol. The van der Waals surface area contributed by atoms with Gasteiger partial charge in [-0.25, -0.2) is 13.4 Å². The van der Waals surface area contributed by atoms with Crippen molar-refractivity contribution in [2.75, 3.05) is 62.7 Å². The maximum atomic E-state index is 12.9. The Kier molecular flexibility index (Phi) is 8.11. The number of carbonyl (C=O) groups excluding carboxylic acids is 1. The molecule has 0 radical (unpaired) electrons. The number of nitrogens with one attached hydrogen (secondary N) is 2. The number of aromatic nitrogens is 1. The maximum absolute atomic E-state index is 12.9. The first-order valence-electron chi connectivity index (χ1n) is 13.3. The van der Waals surface area contributed by atoms with Gasteiger partial charge in [0.25, 0.3) is 0 Å². The normalized spacial score (nSPS) is 15.2. The number of piperazine rings is 1. The predicted octanol–water partition coefficient (Wildman–Crippen LogP) is 3.62. The van der Waals surface area contributed by atoms with Crippen LogP contribution in [0.25, 0.3) is 10.9 Å². The minimum atomic E-state index is -3.49. The van der Waals surface area contributed by atoms with Gasteiger partial charge in [0.2, 0.25) is 15.9 Å². The third kappa shape index (κ3) is 6.76. The number of aromatic hydroxyl groups is 1. The Bertz CT molecular complexity index is 1680. The average Bonchev–Trinajstić information content (AvgIpc) is 3.27. The number of sulfonamides is 1. The van der Waals surface area contributed by atoms with E-state index in [-0.39, 0.29) is 11.8 Å². The second-order valence-electron chi connectivity index (χ2n) is 10.4. The van der Waals surface area contributed by atoms with Crippen LogP contribution in [0.4, 0.5) is 17.1 Å². The van der Waals surface area contributed by atoms with Crippen LogP contribution in [0.15, 0.2) is 77.8 Å². The van der Waals surface area contributed by atoms with Crippen LogP contribution in [0.3, 0.4) is 0 Å². The van der Waals surface area contributed by atoms with Crippen molar-refractivity contribution in [3.05, 3.63) is 83.9 Å². The summed E-state index contributed by atoms with van der Waals surface area (Å²) in [5.41, 5.74) is 4.14. The van der Waals surface area contributed by atoms with Crippen LogP contribution in [-0.4, -0.2) is 93.0 Å². The van der Waals surface area contributed by atoms with Crippen LogP contribution in [-0.2, 0) is 14.8 Å². The molecule has 0 unspecified atom stereocenters. The fraction of sp³-hybridized carbons (Fsp3) is 0.267. The molecule has 0 spiro atoms. The average molecular weight is 575 g/mol. The van der Waals surface area contributed by atoms with E-state index in [2.05, 4.69) is 26.6 Å². The van der Waals surface area contributed by atoms with Gasteiger partial charge in [-0.2, -0.15) is 0 Å². The molecule has 1 aliphatic rings. The van der Waals surface area contributed by atoms with E-state index in [4.69, 9.17) is 4.99 Å². The number of amides is 1. The molecule has 1 fully saturated rings. The first-order valence-corrected chi connectivity index (χ1v) is 15.2. The number of rotatable bonds is 8. The number of H-pyrrole nitrogens is 1. The molecular formula is C30H34N6O4S. The Morgan fingerprint density at radius 3 is 2.37 bits per heavy atom. The second kappa shape index (κ2) is 11.7. The van der Waals surface area contributed by atoms with Crippen LogP contribution >= 0.6 is 0 Å². The fourth-order valence-corrected chi connectivity index (χ4v) is 5.44. The summed E-state index contributed by atoms with van der Waals surface area (Å²) in [6.07, 6.45) is 1.09. The summed E-state index contributed by atoms with van der Waals surface area (Å²) in [4.78, 5) is 26.9. The molecule has 4 aromatic rings. The lowest BCUT2D eigenvalue weighted by Crippen LogP contribution is -2.48. The lowest BCUT2D eigenvalue weighted by atomic mass is 10.0. The summed E-state index contributed by atoms with van der Waals surface area (Å²) in [5, 5.41) is 11.6. The summed E-state index contributed by atoms with van der Waals surface area (Å²) >= 11 is 0. The number of nitrogens with zero attached hydrogens (tertiary/aromatic N) is 4. The minimum absolute atomic E-state index is 0.0259. The molecule has 2 heterocycles. The molecule has 1 saturated heterocycles. The van der Waals surface area contributed by atoms with Crippen molar-refractivity contribution in [1.29, 1.82) is 0 Å². The number of benzene rings is 3. The molecule has 1 aromatic heterocycles. The zero-order valence-corrected chi connectivity index (χ0v) is 24.1. The smallest absolute Gasteiger partial charge is 0.240 e. The largest absolute Gasteiger partial charge is 0.494 e. The molecule has 0 saturated carbocycles. The van der Waals surface area contributed by atoms with Crippen molar-refractivity contribution in [3.8, 4) is 5.88 Å². The molecule has 3 aromatic carbocycles. The van der Waals surface area contributed by atoms with Gasteiger partial charge in [0, 0.05) is 61.1 Å². The Morgan fingerprint density at radius 2 is 1.71 bits per heavy atom. The van der Waals surface area contributed by atoms with Crippen LogP contribution in [0.5, 0.6) is 5.88 Å². The van der Waals surface area contributed by atoms with Gasteiger partial charge in [-0.1, -0.05) is 30.3 Å². The number of aromatic amines is 1. The Morgan fingerprint density at radius 1 is 1.02 bits per heavy atom. The van der Waals surface area contributed by atoms with Gasteiger partial charge >= 0.3 is 0 Å². The maximum Gasteiger partial charge on any atom is 0.240 e. The number of aliphatic imine (C=N–C) groups is 1. The molecule has 3 N–H and O–H groups in total. The lowest BCUT2D eigenvalue weighted by molar-refractivity contribution is -0.119. The summed E-state index contributed by atoms with van der Waals surface area (Å²) in [7, 11) is 0.379. The molecule has 0 atom stereocenters. The van der Waals surface area contributed by atoms with E-state index in [1.54, 1.807) is 30.1 Å². The van der Waals surface area contributed by atoms with Gasteiger partial charge < -0.3 is 19.9 Å². The van der Waals surface area contributed by atoms with E-state index >= 15 is 0 Å². The van der Waals surface area contributed by atoms with E-state index in [9.17, 15) is 18.3 Å². The van der Waals surface area contributed by atoms with Crippen LogP contribution < -0.4 is 9.62 Å². The highest BCUT2D eigenvalue weighted by Crippen LogP contribution is 2.33. The van der Waals surface area contributed by atoms with Crippen LogP contribution in [0, 0.1) is 0 Å². The Balaban J connectivity index is 1.46. The van der Waals surface area contributed by atoms with Crippen molar-refractivity contribution < 1.29 is 18.3 Å². The molecule has 0 bridgehead atoms. The summed E-state index contributed by atoms with van der Waals surface area (Å²) in [5.74, 6) is -0.0528. The molecule has 5 rings (SSSR count). The minimum Gasteiger partial charge on any atom is -0.494 e. The standard InChI is InChI=1S/C30H34N6O4S/c1-34-15-17-36(18-16-34)20-27(37)35(2)24-12-9-22(10-13-24)31-29(21-7-5-4-6-8-21)28-25-19-23(33-41(3,39)40)11-14-26(25)32-30(28)38/h4-14,19,32-33,38H,15-18,20H2,1-3H3. The molecule has 41 heavy (non-hydrogen) atoms. The van der Waals surface area contributed by atoms with Gasteiger partial charge in [-0.3, -0.25) is 14.4 Å². The van der Waals surface area contributed by atoms with Gasteiger partial charge in [0.1, 0.15) is 0 Å². The van der Waals surface area contributed by atoms with E-state index in [0.717, 1.165) is 43.7 Å². The Labute approximate surface area is 240 Å². The highest BCUT2D eigenvalue weighted by Gasteiger charge is 2.21. The number of carbonyl (C=O) groups is 1. The quantitative estimate of drug-likeness (QED) is 0.277. The molecule has 0 aliphatic carbocycles. The summed E-state index contributed by atoms with van der Waals surface area (Å²) in [6.45, 7) is 4.03. The fourth-order valence-electron chi connectivity index (χ4n) is 4.88. The third-order valence-corrected chi connectivity index (χ3v) is 7.78. The third-order valence-electron chi connectivity index (χ3n) is 7.17. The highest BCUT2D eigenvalue weighted by molar-refractivity contribution is 7.92. The topological polar surface area (TPSA) is 121 Å². The van der Waals surface area contributed by atoms with Gasteiger partial charge in [0.15, 0.2) is 5.88 Å². The number of hydrogen-bond acceptors (Lipinski definition) is 7. The first kappa shape index (κ1) is 28.3. The Hall–Kier alpha value is -4.19. The van der Waals surface area contributed by atoms with Crippen molar-refractivity contribution in [3.63, 3.8) is 0 Å². The highest BCUT2D eigenvalue weighted by atomic mass is 32.2. The van der Waals surface area contributed by atoms with Gasteiger partial charge in [-0.15, -0.1) is 0 Å².